The van der Waals surface area contributed by atoms with Gasteiger partial charge in [-0.3, -0.25) is 0 Å². The van der Waals surface area contributed by atoms with Crippen LogP contribution >= 0.6 is 0 Å². The van der Waals surface area contributed by atoms with Crippen molar-refractivity contribution >= 4 is 16.0 Å². The van der Waals surface area contributed by atoms with E-state index in [2.05, 4.69) is 0 Å². The summed E-state index contributed by atoms with van der Waals surface area (Å²) >= 11 is 0. The molecule has 1 aliphatic carbocycles. The fourth-order valence-corrected chi connectivity index (χ4v) is 3.36. The van der Waals surface area contributed by atoms with Gasteiger partial charge in [-0.2, -0.15) is 0 Å². The molecule has 2 aromatic rings. The highest BCUT2D eigenvalue weighted by Gasteiger charge is 2.29. The van der Waals surface area contributed by atoms with Crippen LogP contribution in [0.4, 0.5) is 0 Å². The molecule has 0 aromatic heterocycles. The fourth-order valence-electron chi connectivity index (χ4n) is 2.21. The Bertz CT molecular complexity index is 881. The second-order valence-electron chi connectivity index (χ2n) is 5.91. The van der Waals surface area contributed by atoms with Crippen LogP contribution in [-0.4, -0.2) is 25.4 Å². The molecule has 1 fully saturated rings. The van der Waals surface area contributed by atoms with E-state index in [1.165, 1.54) is 17.7 Å². The van der Waals surface area contributed by atoms with Crippen molar-refractivity contribution < 1.29 is 18.0 Å². The van der Waals surface area contributed by atoms with Gasteiger partial charge in [-0.1, -0.05) is 47.5 Å². The van der Waals surface area contributed by atoms with Crippen molar-refractivity contribution in [2.45, 2.75) is 24.7 Å². The molecule has 0 amide bonds. The van der Waals surface area contributed by atoms with E-state index in [-0.39, 0.29) is 11.4 Å². The van der Waals surface area contributed by atoms with Crippen molar-refractivity contribution in [1.29, 1.82) is 0 Å². The Morgan fingerprint density at radius 1 is 1.08 bits per heavy atom. The van der Waals surface area contributed by atoms with E-state index >= 15 is 0 Å². The molecule has 0 N–H and O–H groups in total. The van der Waals surface area contributed by atoms with Gasteiger partial charge in [0.2, 0.25) is 0 Å². The summed E-state index contributed by atoms with van der Waals surface area (Å²) in [5.74, 6) is -0.703. The first-order valence-corrected chi connectivity index (χ1v) is 9.45. The summed E-state index contributed by atoms with van der Waals surface area (Å²) in [7, 11) is -3.94. The number of aryl methyl sites for hydroxylation is 1. The summed E-state index contributed by atoms with van der Waals surface area (Å²) in [6.07, 6.45) is 3.72. The SMILES string of the molecule is Cc1ccc(S(=O)(=O)N(CC=C2CC2)OC(=O)c2ccccc2)cc1. The van der Waals surface area contributed by atoms with Crippen molar-refractivity contribution in [2.75, 3.05) is 6.54 Å². The number of benzene rings is 2. The topological polar surface area (TPSA) is 63.7 Å². The maximum atomic E-state index is 12.9. The summed E-state index contributed by atoms with van der Waals surface area (Å²) in [4.78, 5) is 17.6. The summed E-state index contributed by atoms with van der Waals surface area (Å²) in [6, 6.07) is 14.8. The van der Waals surface area contributed by atoms with E-state index in [0.29, 0.717) is 5.56 Å². The maximum Gasteiger partial charge on any atom is 0.357 e. The molecule has 1 saturated carbocycles. The number of carbonyl (C=O) groups excluding carboxylic acids is 1. The minimum absolute atomic E-state index is 0.00408. The fraction of sp³-hybridized carbons (Fsp3) is 0.211. The number of rotatable bonds is 6. The second-order valence-corrected chi connectivity index (χ2v) is 7.74. The molecular formula is C19H19NO4S. The van der Waals surface area contributed by atoms with Crippen LogP contribution in [0.2, 0.25) is 0 Å². The minimum atomic E-state index is -3.94. The molecule has 0 aliphatic heterocycles. The van der Waals surface area contributed by atoms with Crippen LogP contribution in [-0.2, 0) is 14.9 Å². The van der Waals surface area contributed by atoms with Gasteiger partial charge in [0.05, 0.1) is 17.0 Å². The lowest BCUT2D eigenvalue weighted by Crippen LogP contribution is -2.34. The van der Waals surface area contributed by atoms with Crippen molar-refractivity contribution in [3.05, 3.63) is 77.4 Å². The zero-order chi connectivity index (χ0) is 17.9. The van der Waals surface area contributed by atoms with Crippen LogP contribution in [0.25, 0.3) is 0 Å². The molecule has 3 rings (SSSR count). The Morgan fingerprint density at radius 3 is 2.32 bits per heavy atom. The van der Waals surface area contributed by atoms with Crippen LogP contribution in [0.5, 0.6) is 0 Å². The maximum absolute atomic E-state index is 12.9. The normalized spacial score (nSPS) is 13.6. The Balaban J connectivity index is 1.87. The smallest absolute Gasteiger partial charge is 0.348 e. The lowest BCUT2D eigenvalue weighted by molar-refractivity contribution is -0.0381. The average molecular weight is 357 g/mol. The van der Waals surface area contributed by atoms with Gasteiger partial charge >= 0.3 is 5.97 Å². The third-order valence-electron chi connectivity index (χ3n) is 3.85. The summed E-state index contributed by atoms with van der Waals surface area (Å²) < 4.78 is 26.5. The number of hydrogen-bond acceptors (Lipinski definition) is 4. The van der Waals surface area contributed by atoms with Crippen LogP contribution in [0.15, 0.2) is 71.1 Å². The van der Waals surface area contributed by atoms with Gasteiger partial charge in [0.25, 0.3) is 10.0 Å². The number of hydrogen-bond donors (Lipinski definition) is 0. The largest absolute Gasteiger partial charge is 0.357 e. The third kappa shape index (κ3) is 4.35. The molecule has 0 radical (unpaired) electrons. The molecule has 1 aliphatic rings. The van der Waals surface area contributed by atoms with E-state index < -0.39 is 16.0 Å². The molecule has 0 bridgehead atoms. The first kappa shape index (κ1) is 17.4. The molecule has 0 spiro atoms. The molecule has 6 heteroatoms. The Morgan fingerprint density at radius 2 is 1.72 bits per heavy atom. The predicted octanol–water partition coefficient (Wildman–Crippen LogP) is 3.48. The van der Waals surface area contributed by atoms with Crippen LogP contribution in [0, 0.1) is 6.92 Å². The molecular weight excluding hydrogens is 338 g/mol. The summed E-state index contributed by atoms with van der Waals surface area (Å²) in [6.45, 7) is 1.88. The van der Waals surface area contributed by atoms with E-state index in [4.69, 9.17) is 4.84 Å². The first-order valence-electron chi connectivity index (χ1n) is 8.01. The quantitative estimate of drug-likeness (QED) is 0.586. The van der Waals surface area contributed by atoms with Crippen molar-refractivity contribution in [2.24, 2.45) is 0 Å². The predicted molar refractivity (Wildman–Crippen MR) is 94.2 cm³/mol. The van der Waals surface area contributed by atoms with Gasteiger partial charge in [-0.05, 0) is 48.5 Å². The second kappa shape index (κ2) is 7.21. The standard InChI is InChI=1S/C19H19NO4S/c1-15-7-11-18(12-8-15)25(22,23)20(14-13-16-9-10-16)24-19(21)17-5-3-2-4-6-17/h2-8,11-13H,9-10,14H2,1H3. The number of sulfonamides is 1. The molecule has 0 atom stereocenters. The molecule has 130 valence electrons. The zero-order valence-corrected chi connectivity index (χ0v) is 14.7. The Labute approximate surface area is 147 Å². The third-order valence-corrected chi connectivity index (χ3v) is 5.48. The van der Waals surface area contributed by atoms with E-state index in [9.17, 15) is 13.2 Å². The number of carbonyl (C=O) groups is 1. The zero-order valence-electron chi connectivity index (χ0n) is 13.9. The van der Waals surface area contributed by atoms with Gasteiger partial charge < -0.3 is 4.84 Å². The molecule has 5 nitrogen and oxygen atoms in total. The van der Waals surface area contributed by atoms with Crippen molar-refractivity contribution in [3.63, 3.8) is 0 Å². The van der Waals surface area contributed by atoms with Crippen LogP contribution < -0.4 is 0 Å². The Hall–Kier alpha value is -2.44. The lowest BCUT2D eigenvalue weighted by Gasteiger charge is -2.19. The minimum Gasteiger partial charge on any atom is -0.348 e. The molecule has 2 aromatic carbocycles. The lowest BCUT2D eigenvalue weighted by atomic mass is 10.2. The monoisotopic (exact) mass is 357 g/mol. The highest BCUT2D eigenvalue weighted by Crippen LogP contribution is 2.28. The van der Waals surface area contributed by atoms with Gasteiger partial charge in [-0.15, -0.1) is 0 Å². The van der Waals surface area contributed by atoms with Crippen molar-refractivity contribution in [1.82, 2.24) is 4.47 Å². The number of hydroxylamine groups is 1. The highest BCUT2D eigenvalue weighted by molar-refractivity contribution is 7.89. The van der Waals surface area contributed by atoms with Crippen molar-refractivity contribution in [3.8, 4) is 0 Å². The van der Waals surface area contributed by atoms with Gasteiger partial charge in [0, 0.05) is 0 Å². The summed E-state index contributed by atoms with van der Waals surface area (Å²) in [5.41, 5.74) is 2.41. The molecule has 0 unspecified atom stereocenters. The van der Waals surface area contributed by atoms with Crippen LogP contribution in [0.3, 0.4) is 0 Å². The van der Waals surface area contributed by atoms with Crippen LogP contribution in [0.1, 0.15) is 28.8 Å². The number of nitrogens with zero attached hydrogens (tertiary/aromatic N) is 1. The highest BCUT2D eigenvalue weighted by atomic mass is 32.2. The van der Waals surface area contributed by atoms with E-state index in [1.54, 1.807) is 48.5 Å². The molecule has 0 heterocycles. The molecule has 0 saturated heterocycles. The summed E-state index contributed by atoms with van der Waals surface area (Å²) in [5, 5.41) is 0. The van der Waals surface area contributed by atoms with Gasteiger partial charge in [0.15, 0.2) is 0 Å². The first-order chi connectivity index (χ1) is 12.0. The Kier molecular flexibility index (Phi) is 5.01. The van der Waals surface area contributed by atoms with E-state index in [0.717, 1.165) is 22.9 Å². The average Bonchev–Trinajstić information content (AvgIpc) is 3.43. The molecule has 25 heavy (non-hydrogen) atoms. The van der Waals surface area contributed by atoms with E-state index in [1.807, 2.05) is 6.92 Å². The number of allylic oxidation sites excluding steroid dienone is 1. The van der Waals surface area contributed by atoms with Gasteiger partial charge in [0.1, 0.15) is 0 Å². The van der Waals surface area contributed by atoms with Gasteiger partial charge in [-0.25, -0.2) is 13.2 Å².